The molecular weight excluding hydrogens is 334 g/mol. The fourth-order valence-corrected chi connectivity index (χ4v) is 2.67. The van der Waals surface area contributed by atoms with Crippen molar-refractivity contribution >= 4 is 17.6 Å². The van der Waals surface area contributed by atoms with Gasteiger partial charge >= 0.3 is 0 Å². The highest BCUT2D eigenvalue weighted by Crippen LogP contribution is 2.12. The Bertz CT molecular complexity index is 735. The van der Waals surface area contributed by atoms with Gasteiger partial charge in [-0.15, -0.1) is 0 Å². The molecule has 138 valence electrons. The number of piperazine rings is 1. The Morgan fingerprint density at radius 1 is 1.12 bits per heavy atom. The largest absolute Gasteiger partial charge is 0.459 e. The summed E-state index contributed by atoms with van der Waals surface area (Å²) in [6.07, 6.45) is 4.54. The van der Waals surface area contributed by atoms with Crippen LogP contribution in [0.2, 0.25) is 0 Å². The van der Waals surface area contributed by atoms with Gasteiger partial charge in [0.15, 0.2) is 5.76 Å². The standard InChI is InChI=1S/C18H23N5O3/c1-13(2)10-20-16-12-19-14(11-21-16)17(24)22-5-7-23(8-6-22)18(25)15-4-3-9-26-15/h3-4,9,11-13H,5-8,10H2,1-2H3,(H,20,21). The van der Waals surface area contributed by atoms with Gasteiger partial charge < -0.3 is 19.5 Å². The maximum atomic E-state index is 12.6. The van der Waals surface area contributed by atoms with Gasteiger partial charge in [-0.2, -0.15) is 0 Å². The molecule has 1 aliphatic rings. The van der Waals surface area contributed by atoms with E-state index in [-0.39, 0.29) is 11.8 Å². The highest BCUT2D eigenvalue weighted by molar-refractivity contribution is 5.93. The van der Waals surface area contributed by atoms with Crippen molar-refractivity contribution in [2.45, 2.75) is 13.8 Å². The van der Waals surface area contributed by atoms with Gasteiger partial charge in [-0.05, 0) is 18.1 Å². The third-order valence-electron chi connectivity index (χ3n) is 4.15. The smallest absolute Gasteiger partial charge is 0.289 e. The summed E-state index contributed by atoms with van der Waals surface area (Å²) in [7, 11) is 0. The number of carbonyl (C=O) groups excluding carboxylic acids is 2. The van der Waals surface area contributed by atoms with Crippen LogP contribution in [-0.2, 0) is 0 Å². The molecule has 1 saturated heterocycles. The molecule has 0 atom stereocenters. The van der Waals surface area contributed by atoms with Crippen LogP contribution >= 0.6 is 0 Å². The summed E-state index contributed by atoms with van der Waals surface area (Å²) in [5.41, 5.74) is 0.311. The van der Waals surface area contributed by atoms with Crippen molar-refractivity contribution < 1.29 is 14.0 Å². The van der Waals surface area contributed by atoms with Gasteiger partial charge in [-0.1, -0.05) is 13.8 Å². The number of furan rings is 1. The van der Waals surface area contributed by atoms with E-state index in [2.05, 4.69) is 29.1 Å². The molecule has 2 amide bonds. The normalized spacial score (nSPS) is 14.6. The number of hydrogen-bond acceptors (Lipinski definition) is 6. The van der Waals surface area contributed by atoms with Crippen LogP contribution in [0.4, 0.5) is 5.82 Å². The number of carbonyl (C=O) groups is 2. The van der Waals surface area contributed by atoms with Gasteiger partial charge in [0.25, 0.3) is 11.8 Å². The third kappa shape index (κ3) is 4.19. The summed E-state index contributed by atoms with van der Waals surface area (Å²) >= 11 is 0. The number of rotatable bonds is 5. The van der Waals surface area contributed by atoms with E-state index in [4.69, 9.17) is 4.42 Å². The lowest BCUT2D eigenvalue weighted by Crippen LogP contribution is -2.50. The van der Waals surface area contributed by atoms with Crippen molar-refractivity contribution in [1.29, 1.82) is 0 Å². The topological polar surface area (TPSA) is 91.6 Å². The minimum absolute atomic E-state index is 0.150. The third-order valence-corrected chi connectivity index (χ3v) is 4.15. The Morgan fingerprint density at radius 2 is 1.81 bits per heavy atom. The molecule has 26 heavy (non-hydrogen) atoms. The van der Waals surface area contributed by atoms with Crippen LogP contribution in [0.15, 0.2) is 35.2 Å². The van der Waals surface area contributed by atoms with E-state index in [1.54, 1.807) is 28.1 Å². The molecule has 3 heterocycles. The second kappa shape index (κ2) is 7.99. The van der Waals surface area contributed by atoms with E-state index in [1.807, 2.05) is 0 Å². The van der Waals surface area contributed by atoms with E-state index in [9.17, 15) is 9.59 Å². The fourth-order valence-electron chi connectivity index (χ4n) is 2.67. The molecule has 0 aliphatic carbocycles. The summed E-state index contributed by atoms with van der Waals surface area (Å²) in [6.45, 7) is 6.86. The summed E-state index contributed by atoms with van der Waals surface area (Å²) in [4.78, 5) is 36.7. The molecule has 0 radical (unpaired) electrons. The lowest BCUT2D eigenvalue weighted by molar-refractivity contribution is 0.0515. The van der Waals surface area contributed by atoms with Crippen LogP contribution in [0, 0.1) is 5.92 Å². The van der Waals surface area contributed by atoms with Crippen LogP contribution in [-0.4, -0.2) is 64.3 Å². The lowest BCUT2D eigenvalue weighted by atomic mass is 10.2. The molecule has 0 bridgehead atoms. The summed E-state index contributed by atoms with van der Waals surface area (Å²) in [5, 5.41) is 3.17. The zero-order valence-electron chi connectivity index (χ0n) is 15.0. The first kappa shape index (κ1) is 17.9. The maximum Gasteiger partial charge on any atom is 0.289 e. The number of nitrogens with zero attached hydrogens (tertiary/aromatic N) is 4. The monoisotopic (exact) mass is 357 g/mol. The van der Waals surface area contributed by atoms with Crippen molar-refractivity contribution in [2.24, 2.45) is 5.92 Å². The highest BCUT2D eigenvalue weighted by atomic mass is 16.3. The van der Waals surface area contributed by atoms with Crippen molar-refractivity contribution in [2.75, 3.05) is 38.0 Å². The van der Waals surface area contributed by atoms with Crippen LogP contribution in [0.3, 0.4) is 0 Å². The minimum Gasteiger partial charge on any atom is -0.459 e. The molecule has 1 aliphatic heterocycles. The van der Waals surface area contributed by atoms with E-state index in [1.165, 1.54) is 12.5 Å². The summed E-state index contributed by atoms with van der Waals surface area (Å²) < 4.78 is 5.14. The number of aromatic nitrogens is 2. The molecule has 2 aromatic rings. The first-order chi connectivity index (χ1) is 12.5. The van der Waals surface area contributed by atoms with E-state index in [0.29, 0.717) is 49.4 Å². The zero-order chi connectivity index (χ0) is 18.5. The molecule has 0 aromatic carbocycles. The number of amides is 2. The number of anilines is 1. The molecular formula is C18H23N5O3. The average molecular weight is 357 g/mol. The molecule has 3 rings (SSSR count). The van der Waals surface area contributed by atoms with Gasteiger partial charge in [0.05, 0.1) is 18.7 Å². The van der Waals surface area contributed by atoms with E-state index in [0.717, 1.165) is 6.54 Å². The summed E-state index contributed by atoms with van der Waals surface area (Å²) in [5.74, 6) is 1.16. The Kier molecular flexibility index (Phi) is 5.50. The first-order valence-electron chi connectivity index (χ1n) is 8.72. The van der Waals surface area contributed by atoms with Gasteiger partial charge in [-0.25, -0.2) is 9.97 Å². The van der Waals surface area contributed by atoms with Crippen LogP contribution in [0.1, 0.15) is 34.9 Å². The quantitative estimate of drug-likeness (QED) is 0.876. The highest BCUT2D eigenvalue weighted by Gasteiger charge is 2.27. The Balaban J connectivity index is 1.54. The lowest BCUT2D eigenvalue weighted by Gasteiger charge is -2.34. The zero-order valence-corrected chi connectivity index (χ0v) is 15.0. The van der Waals surface area contributed by atoms with Crippen molar-refractivity contribution in [3.63, 3.8) is 0 Å². The molecule has 0 spiro atoms. The minimum atomic E-state index is -0.169. The molecule has 0 unspecified atom stereocenters. The van der Waals surface area contributed by atoms with Gasteiger partial charge in [0.1, 0.15) is 11.5 Å². The van der Waals surface area contributed by atoms with Crippen molar-refractivity contribution in [1.82, 2.24) is 19.8 Å². The Hall–Kier alpha value is -2.90. The van der Waals surface area contributed by atoms with Crippen molar-refractivity contribution in [3.05, 3.63) is 42.2 Å². The molecule has 8 heteroatoms. The molecule has 0 saturated carbocycles. The van der Waals surface area contributed by atoms with Crippen LogP contribution < -0.4 is 5.32 Å². The average Bonchev–Trinajstić information content (AvgIpc) is 3.20. The van der Waals surface area contributed by atoms with Gasteiger partial charge in [0.2, 0.25) is 0 Å². The van der Waals surface area contributed by atoms with Gasteiger partial charge in [0, 0.05) is 32.7 Å². The van der Waals surface area contributed by atoms with E-state index < -0.39 is 0 Å². The fraction of sp³-hybridized carbons (Fsp3) is 0.444. The van der Waals surface area contributed by atoms with Crippen molar-refractivity contribution in [3.8, 4) is 0 Å². The second-order valence-electron chi connectivity index (χ2n) is 6.62. The van der Waals surface area contributed by atoms with Crippen LogP contribution in [0.5, 0.6) is 0 Å². The predicted octanol–water partition coefficient (Wildman–Crippen LogP) is 1.74. The predicted molar refractivity (Wildman–Crippen MR) is 95.9 cm³/mol. The molecule has 1 fully saturated rings. The molecule has 1 N–H and O–H groups in total. The Morgan fingerprint density at radius 3 is 2.35 bits per heavy atom. The van der Waals surface area contributed by atoms with Gasteiger partial charge in [-0.3, -0.25) is 9.59 Å². The number of nitrogens with one attached hydrogen (secondary N) is 1. The molecule has 8 nitrogen and oxygen atoms in total. The summed E-state index contributed by atoms with van der Waals surface area (Å²) in [6, 6.07) is 3.33. The Labute approximate surface area is 152 Å². The first-order valence-corrected chi connectivity index (χ1v) is 8.72. The second-order valence-corrected chi connectivity index (χ2v) is 6.62. The van der Waals surface area contributed by atoms with Crippen LogP contribution in [0.25, 0.3) is 0 Å². The SMILES string of the molecule is CC(C)CNc1cnc(C(=O)N2CCN(C(=O)c3ccco3)CC2)cn1. The maximum absolute atomic E-state index is 12.6. The van der Waals surface area contributed by atoms with E-state index >= 15 is 0 Å². The molecule has 2 aromatic heterocycles. The number of hydrogen-bond donors (Lipinski definition) is 1.